The number of para-hydroxylation sites is 1. The van der Waals surface area contributed by atoms with Crippen molar-refractivity contribution in [3.63, 3.8) is 0 Å². The molecule has 0 fully saturated rings. The molecule has 4 heteroatoms. The van der Waals surface area contributed by atoms with E-state index < -0.39 is 0 Å². The minimum atomic E-state index is 0.309. The highest BCUT2D eigenvalue weighted by Crippen LogP contribution is 2.30. The van der Waals surface area contributed by atoms with Gasteiger partial charge in [0.25, 0.3) is 0 Å². The maximum atomic E-state index is 4.84. The molecule has 2 aromatic rings. The van der Waals surface area contributed by atoms with Crippen LogP contribution in [0.5, 0.6) is 0 Å². The molecule has 1 N–H and O–H groups in total. The first-order valence-corrected chi connectivity index (χ1v) is 8.65. The molecule has 0 aliphatic carbocycles. The lowest BCUT2D eigenvalue weighted by Crippen LogP contribution is -2.20. The predicted octanol–water partition coefficient (Wildman–Crippen LogP) is 4.75. The van der Waals surface area contributed by atoms with Crippen molar-refractivity contribution < 1.29 is 0 Å². The van der Waals surface area contributed by atoms with E-state index in [1.165, 1.54) is 18.5 Å². The third-order valence-corrected chi connectivity index (χ3v) is 4.38. The van der Waals surface area contributed by atoms with Crippen LogP contribution in [0.25, 0.3) is 0 Å². The number of hydrogen-bond acceptors (Lipinski definition) is 4. The Bertz CT molecular complexity index is 524. The van der Waals surface area contributed by atoms with Gasteiger partial charge in [0.05, 0.1) is 5.69 Å². The van der Waals surface area contributed by atoms with Crippen molar-refractivity contribution in [1.82, 2.24) is 10.3 Å². The molecular formula is C17H25N3S. The van der Waals surface area contributed by atoms with E-state index >= 15 is 0 Å². The number of anilines is 2. The highest BCUT2D eigenvalue weighted by atomic mass is 32.1. The molecule has 1 unspecified atom stereocenters. The summed E-state index contributed by atoms with van der Waals surface area (Å²) in [6.45, 7) is 8.50. The molecule has 2 rings (SSSR count). The summed E-state index contributed by atoms with van der Waals surface area (Å²) in [7, 11) is 0. The van der Waals surface area contributed by atoms with Gasteiger partial charge in [-0.2, -0.15) is 0 Å². The summed E-state index contributed by atoms with van der Waals surface area (Å²) in [6, 6.07) is 10.9. The summed E-state index contributed by atoms with van der Waals surface area (Å²) in [5.74, 6) is 0. The first-order chi connectivity index (χ1) is 10.3. The molecule has 1 atom stereocenters. The minimum Gasteiger partial charge on any atom is -0.318 e. The highest BCUT2D eigenvalue weighted by Gasteiger charge is 2.15. The van der Waals surface area contributed by atoms with Crippen molar-refractivity contribution in [2.75, 3.05) is 18.0 Å². The fourth-order valence-corrected chi connectivity index (χ4v) is 3.23. The lowest BCUT2D eigenvalue weighted by atomic mass is 10.2. The summed E-state index contributed by atoms with van der Waals surface area (Å²) in [5, 5.41) is 6.69. The zero-order valence-corrected chi connectivity index (χ0v) is 14.0. The summed E-state index contributed by atoms with van der Waals surface area (Å²) in [6.07, 6.45) is 2.36. The van der Waals surface area contributed by atoms with Gasteiger partial charge in [0.15, 0.2) is 5.13 Å². The highest BCUT2D eigenvalue weighted by molar-refractivity contribution is 7.13. The van der Waals surface area contributed by atoms with Crippen molar-refractivity contribution in [2.24, 2.45) is 0 Å². The molecule has 0 aliphatic heterocycles. The molecule has 1 aromatic carbocycles. The quantitative estimate of drug-likeness (QED) is 0.762. The number of hydrogen-bond donors (Lipinski definition) is 1. The Labute approximate surface area is 132 Å². The average Bonchev–Trinajstić information content (AvgIpc) is 2.99. The molecule has 0 aliphatic rings. The zero-order chi connectivity index (χ0) is 15.1. The van der Waals surface area contributed by atoms with Crippen LogP contribution in [0, 0.1) is 0 Å². The fourth-order valence-electron chi connectivity index (χ4n) is 2.27. The van der Waals surface area contributed by atoms with Gasteiger partial charge in [-0.25, -0.2) is 4.98 Å². The summed E-state index contributed by atoms with van der Waals surface area (Å²) < 4.78 is 0. The maximum Gasteiger partial charge on any atom is 0.190 e. The Balaban J connectivity index is 2.21. The number of rotatable bonds is 8. The molecule has 3 nitrogen and oxygen atoms in total. The standard InChI is InChI=1S/C17H25N3S/c1-4-6-12-20(15-10-8-7-9-11-15)17-19-16(13-21-17)14(3)18-5-2/h7-11,13-14,18H,4-6,12H2,1-3H3. The number of unbranched alkanes of at least 4 members (excludes halogenated alkanes) is 1. The Morgan fingerprint density at radius 3 is 2.67 bits per heavy atom. The third-order valence-electron chi connectivity index (χ3n) is 3.50. The smallest absolute Gasteiger partial charge is 0.190 e. The van der Waals surface area contributed by atoms with Crippen LogP contribution in [-0.4, -0.2) is 18.1 Å². The molecule has 0 radical (unpaired) electrons. The number of aromatic nitrogens is 1. The number of benzene rings is 1. The SMILES string of the molecule is CCCCN(c1ccccc1)c1nc(C(C)NCC)cs1. The Kier molecular flexibility index (Phi) is 6.21. The van der Waals surface area contributed by atoms with E-state index in [1.54, 1.807) is 11.3 Å². The van der Waals surface area contributed by atoms with Crippen LogP contribution in [-0.2, 0) is 0 Å². The molecular weight excluding hydrogens is 278 g/mol. The lowest BCUT2D eigenvalue weighted by molar-refractivity contribution is 0.586. The molecule has 0 saturated heterocycles. The van der Waals surface area contributed by atoms with E-state index in [9.17, 15) is 0 Å². The van der Waals surface area contributed by atoms with E-state index in [2.05, 4.69) is 66.7 Å². The normalized spacial score (nSPS) is 12.3. The number of nitrogens with one attached hydrogen (secondary N) is 1. The molecule has 21 heavy (non-hydrogen) atoms. The van der Waals surface area contributed by atoms with E-state index in [4.69, 9.17) is 4.98 Å². The summed E-state index contributed by atoms with van der Waals surface area (Å²) >= 11 is 1.73. The van der Waals surface area contributed by atoms with Crippen molar-refractivity contribution in [1.29, 1.82) is 0 Å². The van der Waals surface area contributed by atoms with Crippen molar-refractivity contribution in [2.45, 2.75) is 39.7 Å². The van der Waals surface area contributed by atoms with Gasteiger partial charge in [-0.1, -0.05) is 38.5 Å². The maximum absolute atomic E-state index is 4.84. The van der Waals surface area contributed by atoms with Crippen LogP contribution in [0.2, 0.25) is 0 Å². The van der Waals surface area contributed by atoms with Crippen LogP contribution in [0.1, 0.15) is 45.3 Å². The second kappa shape index (κ2) is 8.15. The van der Waals surface area contributed by atoms with E-state index in [-0.39, 0.29) is 0 Å². The van der Waals surface area contributed by atoms with Crippen LogP contribution >= 0.6 is 11.3 Å². The molecule has 0 bridgehead atoms. The zero-order valence-electron chi connectivity index (χ0n) is 13.2. The minimum absolute atomic E-state index is 0.309. The third kappa shape index (κ3) is 4.29. The topological polar surface area (TPSA) is 28.2 Å². The van der Waals surface area contributed by atoms with Crippen LogP contribution < -0.4 is 10.2 Å². The van der Waals surface area contributed by atoms with Crippen LogP contribution in [0.15, 0.2) is 35.7 Å². The largest absolute Gasteiger partial charge is 0.318 e. The Morgan fingerprint density at radius 2 is 2.00 bits per heavy atom. The molecule has 1 heterocycles. The van der Waals surface area contributed by atoms with Gasteiger partial charge in [-0.15, -0.1) is 11.3 Å². The fraction of sp³-hybridized carbons (Fsp3) is 0.471. The van der Waals surface area contributed by atoms with E-state index in [1.807, 2.05) is 0 Å². The van der Waals surface area contributed by atoms with Crippen LogP contribution in [0.4, 0.5) is 10.8 Å². The molecule has 1 aromatic heterocycles. The van der Waals surface area contributed by atoms with Gasteiger partial charge in [0.1, 0.15) is 0 Å². The van der Waals surface area contributed by atoms with Gasteiger partial charge >= 0.3 is 0 Å². The molecule has 0 amide bonds. The van der Waals surface area contributed by atoms with Gasteiger partial charge in [-0.05, 0) is 32.0 Å². The van der Waals surface area contributed by atoms with Gasteiger partial charge in [0, 0.05) is 23.7 Å². The predicted molar refractivity (Wildman–Crippen MR) is 92.6 cm³/mol. The van der Waals surface area contributed by atoms with Crippen LogP contribution in [0.3, 0.4) is 0 Å². The van der Waals surface area contributed by atoms with Crippen molar-refractivity contribution in [3.05, 3.63) is 41.4 Å². The van der Waals surface area contributed by atoms with Crippen molar-refractivity contribution >= 4 is 22.2 Å². The van der Waals surface area contributed by atoms with Crippen molar-refractivity contribution in [3.8, 4) is 0 Å². The average molecular weight is 303 g/mol. The second-order valence-corrected chi connectivity index (χ2v) is 6.01. The molecule has 114 valence electrons. The van der Waals surface area contributed by atoms with Gasteiger partial charge in [0.2, 0.25) is 0 Å². The summed E-state index contributed by atoms with van der Waals surface area (Å²) in [4.78, 5) is 7.17. The second-order valence-electron chi connectivity index (χ2n) is 5.18. The molecule has 0 saturated carbocycles. The van der Waals surface area contributed by atoms with E-state index in [0.717, 1.165) is 23.9 Å². The lowest BCUT2D eigenvalue weighted by Gasteiger charge is -2.21. The first kappa shape index (κ1) is 16.0. The summed E-state index contributed by atoms with van der Waals surface area (Å²) in [5.41, 5.74) is 2.36. The van der Waals surface area contributed by atoms with Gasteiger partial charge < -0.3 is 10.2 Å². The number of thiazole rings is 1. The Hall–Kier alpha value is -1.39. The Morgan fingerprint density at radius 1 is 1.24 bits per heavy atom. The van der Waals surface area contributed by atoms with E-state index in [0.29, 0.717) is 6.04 Å². The molecule has 0 spiro atoms. The first-order valence-electron chi connectivity index (χ1n) is 7.77. The van der Waals surface area contributed by atoms with Gasteiger partial charge in [-0.3, -0.25) is 0 Å². The monoisotopic (exact) mass is 303 g/mol. The number of nitrogens with zero attached hydrogens (tertiary/aromatic N) is 2.